The van der Waals surface area contributed by atoms with Crippen LogP contribution in [0.3, 0.4) is 0 Å². The van der Waals surface area contributed by atoms with Gasteiger partial charge >= 0.3 is 0 Å². The second kappa shape index (κ2) is 5.27. The maximum Gasteiger partial charge on any atom is 0.217 e. The Morgan fingerprint density at radius 2 is 2.57 bits per heavy atom. The minimum Gasteiger partial charge on any atom is -0.345 e. The number of nitrogens with zero attached hydrogens (tertiary/aromatic N) is 4. The Morgan fingerprint density at radius 3 is 3.07 bits per heavy atom. The third-order valence-corrected chi connectivity index (χ3v) is 1.95. The molecule has 0 aromatic carbocycles. The summed E-state index contributed by atoms with van der Waals surface area (Å²) in [6, 6.07) is -0.426. The summed E-state index contributed by atoms with van der Waals surface area (Å²) >= 11 is 0.796. The third kappa shape index (κ3) is 3.09. The number of rotatable bonds is 5. The van der Waals surface area contributed by atoms with Crippen molar-refractivity contribution in [2.24, 2.45) is 4.58 Å². The van der Waals surface area contributed by atoms with Crippen LogP contribution in [0.2, 0.25) is 0 Å². The van der Waals surface area contributed by atoms with Gasteiger partial charge in [-0.15, -0.1) is 10.0 Å². The molecule has 0 saturated carbocycles. The van der Waals surface area contributed by atoms with Crippen molar-refractivity contribution in [2.75, 3.05) is 5.75 Å². The molecule has 1 rings (SSSR count). The monoisotopic (exact) mass is 216 g/mol. The predicted octanol–water partition coefficient (Wildman–Crippen LogP) is -0.209. The normalized spacial score (nSPS) is 12.1. The zero-order chi connectivity index (χ0) is 10.4. The van der Waals surface area contributed by atoms with Crippen LogP contribution in [-0.4, -0.2) is 32.3 Å². The molecule has 1 atom stereocenters. The highest BCUT2D eigenvalue weighted by Gasteiger charge is 2.16. The number of hydrogen-bond donors (Lipinski definition) is 2. The van der Waals surface area contributed by atoms with Crippen LogP contribution < -0.4 is 5.32 Å². The van der Waals surface area contributed by atoms with Crippen LogP contribution >= 0.6 is 11.9 Å². The molecule has 0 bridgehead atoms. The quantitative estimate of drug-likeness (QED) is 0.520. The Bertz CT molecular complexity index is 301. The second-order valence-electron chi connectivity index (χ2n) is 2.41. The fraction of sp³-hybridized carbons (Fsp3) is 0.600. The molecule has 1 aromatic heterocycles. The fourth-order valence-electron chi connectivity index (χ4n) is 0.853. The number of aromatic amines is 1. The molecule has 0 spiro atoms. The van der Waals surface area contributed by atoms with Gasteiger partial charge in [0, 0.05) is 29.2 Å². The van der Waals surface area contributed by atoms with Crippen molar-refractivity contribution < 1.29 is 4.79 Å². The summed E-state index contributed by atoms with van der Waals surface area (Å²) in [6.07, 6.45) is 0. The summed E-state index contributed by atoms with van der Waals surface area (Å²) in [7, 11) is 0. The lowest BCUT2D eigenvalue weighted by atomic mass is 10.3. The van der Waals surface area contributed by atoms with E-state index in [1.165, 1.54) is 6.92 Å². The van der Waals surface area contributed by atoms with Crippen LogP contribution in [0, 0.1) is 4.91 Å². The molecule has 1 aromatic rings. The van der Waals surface area contributed by atoms with Crippen LogP contribution in [-0.2, 0) is 4.79 Å². The van der Waals surface area contributed by atoms with Gasteiger partial charge in [0.1, 0.15) is 6.04 Å². The van der Waals surface area contributed by atoms with Crippen molar-refractivity contribution >= 4 is 17.9 Å². The van der Waals surface area contributed by atoms with Crippen molar-refractivity contribution in [3.05, 3.63) is 10.7 Å². The first-order valence-electron chi connectivity index (χ1n) is 3.69. The predicted molar refractivity (Wildman–Crippen MR) is 49.0 cm³/mol. The fourth-order valence-corrected chi connectivity index (χ4v) is 1.30. The van der Waals surface area contributed by atoms with Crippen LogP contribution in [0.1, 0.15) is 18.8 Å². The van der Waals surface area contributed by atoms with E-state index in [1.807, 2.05) is 0 Å². The highest BCUT2D eigenvalue weighted by Crippen LogP contribution is 2.14. The molecule has 8 nitrogen and oxygen atoms in total. The van der Waals surface area contributed by atoms with Crippen molar-refractivity contribution in [2.45, 2.75) is 13.0 Å². The second-order valence-corrected chi connectivity index (χ2v) is 3.15. The number of hydrogen-bond acceptors (Lipinski definition) is 7. The highest BCUT2D eigenvalue weighted by molar-refractivity contribution is 7.97. The number of carbonyl (C=O) groups excluding carboxylic acids is 1. The number of amides is 1. The van der Waals surface area contributed by atoms with E-state index in [9.17, 15) is 9.70 Å². The number of aromatic nitrogens is 4. The summed E-state index contributed by atoms with van der Waals surface area (Å²) in [6.45, 7) is 1.37. The molecular formula is C5H8N6O2S. The van der Waals surface area contributed by atoms with Crippen molar-refractivity contribution in [1.82, 2.24) is 25.9 Å². The highest BCUT2D eigenvalue weighted by atomic mass is 32.2. The van der Waals surface area contributed by atoms with E-state index in [1.54, 1.807) is 0 Å². The number of carbonyl (C=O) groups is 1. The Kier molecular flexibility index (Phi) is 3.98. The van der Waals surface area contributed by atoms with Crippen molar-refractivity contribution in [3.8, 4) is 0 Å². The number of nitroso groups, excluding NO2 is 1. The lowest BCUT2D eigenvalue weighted by molar-refractivity contribution is -0.119. The first-order chi connectivity index (χ1) is 6.74. The van der Waals surface area contributed by atoms with Gasteiger partial charge in [-0.3, -0.25) is 4.79 Å². The van der Waals surface area contributed by atoms with Gasteiger partial charge in [0.25, 0.3) is 0 Å². The van der Waals surface area contributed by atoms with E-state index in [-0.39, 0.29) is 5.91 Å². The molecule has 1 unspecified atom stereocenters. The van der Waals surface area contributed by atoms with Gasteiger partial charge in [-0.2, -0.15) is 0 Å². The summed E-state index contributed by atoms with van der Waals surface area (Å²) < 4.78 is 2.63. The first kappa shape index (κ1) is 10.6. The Labute approximate surface area is 83.3 Å². The van der Waals surface area contributed by atoms with E-state index < -0.39 is 6.04 Å². The van der Waals surface area contributed by atoms with Crippen LogP contribution in [0.4, 0.5) is 0 Å². The Balaban J connectivity index is 2.61. The standard InChI is InChI=1S/C5H8N6O2S/c1-3(12)6-4(2-14-11-13)5-7-9-10-8-5/h4H,2H2,1H3,(H,6,12)(H,7,8,9,10). The van der Waals surface area contributed by atoms with Gasteiger partial charge in [-0.25, -0.2) is 5.10 Å². The van der Waals surface area contributed by atoms with E-state index in [0.29, 0.717) is 11.6 Å². The third-order valence-electron chi connectivity index (χ3n) is 1.36. The summed E-state index contributed by atoms with van der Waals surface area (Å²) in [4.78, 5) is 20.7. The molecule has 0 aliphatic heterocycles. The molecule has 14 heavy (non-hydrogen) atoms. The molecular weight excluding hydrogens is 208 g/mol. The van der Waals surface area contributed by atoms with Crippen LogP contribution in [0.5, 0.6) is 0 Å². The lowest BCUT2D eigenvalue weighted by Crippen LogP contribution is -2.28. The SMILES string of the molecule is CC(=O)NC(CSN=O)c1nnn[nH]1. The van der Waals surface area contributed by atoms with Crippen LogP contribution in [0.15, 0.2) is 4.58 Å². The van der Waals surface area contributed by atoms with Crippen LogP contribution in [0.25, 0.3) is 0 Å². The zero-order valence-corrected chi connectivity index (χ0v) is 8.11. The molecule has 0 radical (unpaired) electrons. The van der Waals surface area contributed by atoms with Crippen molar-refractivity contribution in [3.63, 3.8) is 0 Å². The Morgan fingerprint density at radius 1 is 1.79 bits per heavy atom. The van der Waals surface area contributed by atoms with E-state index in [0.717, 1.165) is 11.9 Å². The number of H-pyrrole nitrogens is 1. The molecule has 0 saturated heterocycles. The first-order valence-corrected chi connectivity index (χ1v) is 4.63. The number of tetrazole rings is 1. The Hall–Kier alpha value is -1.51. The maximum absolute atomic E-state index is 10.8. The molecule has 1 heterocycles. The minimum atomic E-state index is -0.426. The average molecular weight is 216 g/mol. The molecule has 9 heteroatoms. The molecule has 1 amide bonds. The van der Waals surface area contributed by atoms with E-state index in [2.05, 4.69) is 30.5 Å². The molecule has 76 valence electrons. The number of nitrogens with one attached hydrogen (secondary N) is 2. The molecule has 0 aliphatic rings. The lowest BCUT2D eigenvalue weighted by Gasteiger charge is -2.11. The van der Waals surface area contributed by atoms with E-state index >= 15 is 0 Å². The largest absolute Gasteiger partial charge is 0.345 e. The molecule has 0 fully saturated rings. The van der Waals surface area contributed by atoms with Gasteiger partial charge < -0.3 is 5.32 Å². The minimum absolute atomic E-state index is 0.224. The smallest absolute Gasteiger partial charge is 0.217 e. The summed E-state index contributed by atoms with van der Waals surface area (Å²) in [5, 5.41) is 15.5. The van der Waals surface area contributed by atoms with Gasteiger partial charge in [0.15, 0.2) is 5.82 Å². The van der Waals surface area contributed by atoms with E-state index in [4.69, 9.17) is 0 Å². The van der Waals surface area contributed by atoms with Gasteiger partial charge in [-0.1, -0.05) is 0 Å². The summed E-state index contributed by atoms with van der Waals surface area (Å²) in [5.41, 5.74) is 0. The molecule has 2 N–H and O–H groups in total. The maximum atomic E-state index is 10.8. The van der Waals surface area contributed by atoms with Gasteiger partial charge in [-0.05, 0) is 10.4 Å². The molecule has 0 aliphatic carbocycles. The summed E-state index contributed by atoms with van der Waals surface area (Å²) in [5.74, 6) is 0.467. The zero-order valence-electron chi connectivity index (χ0n) is 7.30. The van der Waals surface area contributed by atoms with Crippen molar-refractivity contribution in [1.29, 1.82) is 0 Å². The van der Waals surface area contributed by atoms with Gasteiger partial charge in [0.2, 0.25) is 5.91 Å². The average Bonchev–Trinajstić information content (AvgIpc) is 2.64. The topological polar surface area (TPSA) is 113 Å². The van der Waals surface area contributed by atoms with Gasteiger partial charge in [0.05, 0.1) is 0 Å².